The van der Waals surface area contributed by atoms with Gasteiger partial charge in [-0.3, -0.25) is 9.27 Å². The molecule has 10 heteroatoms. The highest BCUT2D eigenvalue weighted by atomic mass is 32.2. The number of benzene rings is 1. The highest BCUT2D eigenvalue weighted by Gasteiger charge is 2.19. The first-order valence-electron chi connectivity index (χ1n) is 10.2. The molecule has 0 aliphatic heterocycles. The Labute approximate surface area is 183 Å². The van der Waals surface area contributed by atoms with Crippen molar-refractivity contribution in [2.75, 3.05) is 17.1 Å². The zero-order chi connectivity index (χ0) is 22.0. The van der Waals surface area contributed by atoms with E-state index >= 15 is 0 Å². The number of nitrogens with two attached hydrogens (primary N) is 1. The highest BCUT2D eigenvalue weighted by molar-refractivity contribution is 7.80. The molecule has 1 aliphatic carbocycles. The maximum atomic E-state index is 11.0. The van der Waals surface area contributed by atoms with Crippen LogP contribution >= 0.6 is 0 Å². The van der Waals surface area contributed by atoms with E-state index in [4.69, 9.17) is 20.0 Å². The molecule has 0 amide bonds. The van der Waals surface area contributed by atoms with Crippen molar-refractivity contribution in [2.24, 2.45) is 5.73 Å². The molecule has 3 aromatic rings. The molecule has 4 rings (SSSR count). The standard InChI is InChI=1S/C21H26N6O3S/c1-12-15(16-8-10-19(27-31(28)29)26-20(16)30-2)7-9-18-17(12)11-23-21(25-18)24-14-5-3-13(22)4-6-14/h7-11,13-14H,3-6,22H2,1-2H3,(H,26,27)(H,28,29)(H,23,24,25). The normalized spacial score (nSPS) is 19.7. The second kappa shape index (κ2) is 9.13. The van der Waals surface area contributed by atoms with E-state index in [1.807, 2.05) is 25.3 Å². The molecule has 0 radical (unpaired) electrons. The molecule has 1 aliphatic rings. The van der Waals surface area contributed by atoms with Gasteiger partial charge in [0.1, 0.15) is 5.82 Å². The van der Waals surface area contributed by atoms with Gasteiger partial charge in [0.05, 0.1) is 12.6 Å². The number of aromatic nitrogens is 3. The molecule has 9 nitrogen and oxygen atoms in total. The van der Waals surface area contributed by atoms with Crippen LogP contribution in [0.4, 0.5) is 11.8 Å². The summed E-state index contributed by atoms with van der Waals surface area (Å²) >= 11 is -2.20. The fourth-order valence-corrected chi connectivity index (χ4v) is 4.29. The second-order valence-electron chi connectivity index (χ2n) is 7.73. The number of ether oxygens (including phenoxy) is 1. The van der Waals surface area contributed by atoms with Crippen LogP contribution in [-0.4, -0.2) is 42.9 Å². The van der Waals surface area contributed by atoms with Crippen molar-refractivity contribution in [1.29, 1.82) is 0 Å². The van der Waals surface area contributed by atoms with Crippen molar-refractivity contribution in [3.8, 4) is 17.0 Å². The molecule has 1 aromatic carbocycles. The first kappa shape index (κ1) is 21.4. The minimum atomic E-state index is -2.20. The van der Waals surface area contributed by atoms with Crippen LogP contribution in [0.3, 0.4) is 0 Å². The minimum Gasteiger partial charge on any atom is -0.480 e. The van der Waals surface area contributed by atoms with Crippen LogP contribution in [0.25, 0.3) is 22.0 Å². The minimum absolute atomic E-state index is 0.252. The molecule has 31 heavy (non-hydrogen) atoms. The van der Waals surface area contributed by atoms with E-state index in [1.165, 1.54) is 7.11 Å². The fraction of sp³-hybridized carbons (Fsp3) is 0.381. The molecule has 5 N–H and O–H groups in total. The topological polar surface area (TPSA) is 135 Å². The van der Waals surface area contributed by atoms with Crippen LogP contribution < -0.4 is 20.5 Å². The predicted molar refractivity (Wildman–Crippen MR) is 122 cm³/mol. The summed E-state index contributed by atoms with van der Waals surface area (Å²) in [5.74, 6) is 1.24. The zero-order valence-corrected chi connectivity index (χ0v) is 18.3. The Balaban J connectivity index is 1.63. The number of methoxy groups -OCH3 is 1. The Morgan fingerprint density at radius 2 is 1.87 bits per heavy atom. The van der Waals surface area contributed by atoms with E-state index in [1.54, 1.807) is 12.1 Å². The van der Waals surface area contributed by atoms with Crippen molar-refractivity contribution in [2.45, 2.75) is 44.7 Å². The summed E-state index contributed by atoms with van der Waals surface area (Å²) in [7, 11) is 1.51. The van der Waals surface area contributed by atoms with E-state index in [0.717, 1.165) is 53.3 Å². The molecule has 2 heterocycles. The van der Waals surface area contributed by atoms with E-state index in [0.29, 0.717) is 23.9 Å². The first-order valence-corrected chi connectivity index (χ1v) is 11.3. The van der Waals surface area contributed by atoms with Gasteiger partial charge in [-0.15, -0.1) is 0 Å². The number of hydrogen-bond acceptors (Lipinski definition) is 7. The van der Waals surface area contributed by atoms with Crippen LogP contribution in [0.2, 0.25) is 0 Å². The van der Waals surface area contributed by atoms with Gasteiger partial charge >= 0.3 is 0 Å². The van der Waals surface area contributed by atoms with Crippen molar-refractivity contribution in [3.63, 3.8) is 0 Å². The lowest BCUT2D eigenvalue weighted by Crippen LogP contribution is -2.33. The van der Waals surface area contributed by atoms with E-state index in [2.05, 4.69) is 20.0 Å². The van der Waals surface area contributed by atoms with Gasteiger partial charge in [-0.05, 0) is 61.9 Å². The monoisotopic (exact) mass is 442 g/mol. The maximum absolute atomic E-state index is 11.0. The molecule has 164 valence electrons. The number of nitrogens with zero attached hydrogens (tertiary/aromatic N) is 3. The summed E-state index contributed by atoms with van der Waals surface area (Å²) in [5, 5.41) is 4.38. The Morgan fingerprint density at radius 3 is 2.58 bits per heavy atom. The number of rotatable bonds is 6. The SMILES string of the molecule is COc1nc(NS(=O)O)ccc1-c1ccc2nc(NC3CCC(N)CC3)ncc2c1C. The molecule has 1 unspecified atom stereocenters. The predicted octanol–water partition coefficient (Wildman–Crippen LogP) is 3.24. The average molecular weight is 443 g/mol. The Hall–Kier alpha value is -2.82. The molecular weight excluding hydrogens is 416 g/mol. The molecule has 0 bridgehead atoms. The number of anilines is 2. The smallest absolute Gasteiger partial charge is 0.260 e. The number of hydrogen-bond donors (Lipinski definition) is 4. The molecule has 1 fully saturated rings. The number of nitrogens with one attached hydrogen (secondary N) is 2. The first-order chi connectivity index (χ1) is 14.9. The van der Waals surface area contributed by atoms with Crippen molar-refractivity contribution in [3.05, 3.63) is 36.0 Å². The van der Waals surface area contributed by atoms with Gasteiger partial charge < -0.3 is 15.8 Å². The number of pyridine rings is 1. The van der Waals surface area contributed by atoms with Gasteiger partial charge in [0, 0.05) is 29.2 Å². The average Bonchev–Trinajstić information content (AvgIpc) is 2.75. The summed E-state index contributed by atoms with van der Waals surface area (Å²) in [5.41, 5.74) is 9.55. The third kappa shape index (κ3) is 4.76. The van der Waals surface area contributed by atoms with Crippen molar-refractivity contribution < 1.29 is 13.5 Å². The number of aryl methyl sites for hydroxylation is 1. The molecular formula is C21H26N6O3S. The molecule has 1 saturated carbocycles. The zero-order valence-electron chi connectivity index (χ0n) is 17.5. The third-order valence-electron chi connectivity index (χ3n) is 5.67. The summed E-state index contributed by atoms with van der Waals surface area (Å²) in [4.78, 5) is 13.5. The van der Waals surface area contributed by atoms with Crippen LogP contribution in [0.5, 0.6) is 5.88 Å². The Kier molecular flexibility index (Phi) is 6.30. The summed E-state index contributed by atoms with van der Waals surface area (Å²) in [6, 6.07) is 8.03. The van der Waals surface area contributed by atoms with Crippen LogP contribution in [0.15, 0.2) is 30.5 Å². The number of fused-ring (bicyclic) bond motifs is 1. The summed E-state index contributed by atoms with van der Waals surface area (Å²) in [6.45, 7) is 2.00. The second-order valence-corrected chi connectivity index (χ2v) is 8.43. The molecule has 1 atom stereocenters. The fourth-order valence-electron chi connectivity index (χ4n) is 4.00. The third-order valence-corrected chi connectivity index (χ3v) is 6.06. The van der Waals surface area contributed by atoms with Gasteiger partial charge in [0.25, 0.3) is 11.3 Å². The summed E-state index contributed by atoms with van der Waals surface area (Å²) < 4.78 is 27.8. The Morgan fingerprint density at radius 1 is 1.13 bits per heavy atom. The van der Waals surface area contributed by atoms with Gasteiger partial charge in [-0.2, -0.15) is 4.98 Å². The van der Waals surface area contributed by atoms with Crippen LogP contribution in [0.1, 0.15) is 31.2 Å². The van der Waals surface area contributed by atoms with Crippen LogP contribution in [0, 0.1) is 6.92 Å². The largest absolute Gasteiger partial charge is 0.480 e. The summed E-state index contributed by atoms with van der Waals surface area (Å²) in [6.07, 6.45) is 5.94. The van der Waals surface area contributed by atoms with Crippen molar-refractivity contribution in [1.82, 2.24) is 15.0 Å². The molecule has 2 aromatic heterocycles. The quantitative estimate of drug-likeness (QED) is 0.427. The van der Waals surface area contributed by atoms with Gasteiger partial charge in [0.15, 0.2) is 0 Å². The lowest BCUT2D eigenvalue weighted by atomic mass is 9.92. The lowest BCUT2D eigenvalue weighted by molar-refractivity contribution is 0.400. The maximum Gasteiger partial charge on any atom is 0.260 e. The van der Waals surface area contributed by atoms with Gasteiger partial charge in [-0.1, -0.05) is 6.07 Å². The lowest BCUT2D eigenvalue weighted by Gasteiger charge is -2.26. The van der Waals surface area contributed by atoms with Gasteiger partial charge in [-0.25, -0.2) is 14.2 Å². The van der Waals surface area contributed by atoms with Gasteiger partial charge in [0.2, 0.25) is 11.8 Å². The Bertz CT molecular complexity index is 1120. The molecule has 0 spiro atoms. The molecule has 0 saturated heterocycles. The van der Waals surface area contributed by atoms with E-state index < -0.39 is 11.3 Å². The van der Waals surface area contributed by atoms with E-state index in [-0.39, 0.29) is 5.82 Å². The van der Waals surface area contributed by atoms with E-state index in [9.17, 15) is 4.21 Å². The highest BCUT2D eigenvalue weighted by Crippen LogP contribution is 2.35. The van der Waals surface area contributed by atoms with Crippen LogP contribution in [-0.2, 0) is 11.3 Å². The van der Waals surface area contributed by atoms with Crippen molar-refractivity contribution >= 4 is 33.9 Å².